The van der Waals surface area contributed by atoms with Crippen molar-refractivity contribution in [1.82, 2.24) is 0 Å². The maximum atomic E-state index is 12.6. The highest BCUT2D eigenvalue weighted by Gasteiger charge is 2.25. The molecule has 0 radical (unpaired) electrons. The molecule has 1 saturated carbocycles. The first-order valence-electron chi connectivity index (χ1n) is 11.2. The lowest BCUT2D eigenvalue weighted by Gasteiger charge is -2.29. The number of ether oxygens (including phenoxy) is 2. The molecule has 0 atom stereocenters. The summed E-state index contributed by atoms with van der Waals surface area (Å²) in [4.78, 5) is 24.5. The first kappa shape index (κ1) is 22.9. The Morgan fingerprint density at radius 1 is 0.935 bits per heavy atom. The van der Waals surface area contributed by atoms with Crippen LogP contribution in [0.2, 0.25) is 0 Å². The van der Waals surface area contributed by atoms with Crippen molar-refractivity contribution >= 4 is 11.9 Å². The number of carboxylic acids is 1. The Balaban J connectivity index is 1.68. The Morgan fingerprint density at radius 3 is 2.23 bits per heavy atom. The van der Waals surface area contributed by atoms with Gasteiger partial charge in [-0.2, -0.15) is 0 Å². The summed E-state index contributed by atoms with van der Waals surface area (Å²) in [6.45, 7) is 2.23. The van der Waals surface area contributed by atoms with Crippen molar-refractivity contribution in [2.45, 2.75) is 64.2 Å². The van der Waals surface area contributed by atoms with Gasteiger partial charge in [-0.3, -0.25) is 0 Å². The predicted molar refractivity (Wildman–Crippen MR) is 120 cm³/mol. The second-order valence-corrected chi connectivity index (χ2v) is 8.39. The van der Waals surface area contributed by atoms with E-state index in [2.05, 4.69) is 6.92 Å². The highest BCUT2D eigenvalue weighted by atomic mass is 16.5. The van der Waals surface area contributed by atoms with E-state index in [9.17, 15) is 14.7 Å². The van der Waals surface area contributed by atoms with Gasteiger partial charge < -0.3 is 14.6 Å². The standard InChI is InChI=1S/C26H32O5/c1-3-4-5-6-18-7-9-19(10-8-18)20-11-16-23(24(17-20)25(27)28)26(29)31-22-14-12-21(30-2)13-15-22/h11-19H,3-10H2,1-2H3,(H,27,28). The lowest BCUT2D eigenvalue weighted by molar-refractivity contribution is 0.0667. The number of methoxy groups -OCH3 is 1. The van der Waals surface area contributed by atoms with Gasteiger partial charge in [0.1, 0.15) is 11.5 Å². The van der Waals surface area contributed by atoms with E-state index in [0.717, 1.165) is 24.3 Å². The molecule has 1 N–H and O–H groups in total. The largest absolute Gasteiger partial charge is 0.497 e. The molecule has 0 saturated heterocycles. The van der Waals surface area contributed by atoms with E-state index >= 15 is 0 Å². The third-order valence-corrected chi connectivity index (χ3v) is 6.30. The molecule has 0 spiro atoms. The van der Waals surface area contributed by atoms with Crippen LogP contribution in [0.1, 0.15) is 90.5 Å². The Labute approximate surface area is 184 Å². The van der Waals surface area contributed by atoms with Crippen LogP contribution >= 0.6 is 0 Å². The maximum Gasteiger partial charge on any atom is 0.344 e. The normalized spacial score (nSPS) is 18.4. The first-order valence-corrected chi connectivity index (χ1v) is 11.2. The minimum absolute atomic E-state index is 0.00100. The zero-order valence-electron chi connectivity index (χ0n) is 18.4. The first-order chi connectivity index (χ1) is 15.0. The molecule has 2 aromatic carbocycles. The summed E-state index contributed by atoms with van der Waals surface area (Å²) in [6, 6.07) is 11.7. The summed E-state index contributed by atoms with van der Waals surface area (Å²) in [5.41, 5.74) is 1.08. The number of rotatable bonds is 9. The fraction of sp³-hybridized carbons (Fsp3) is 0.462. The van der Waals surface area contributed by atoms with Crippen LogP contribution in [0.3, 0.4) is 0 Å². The lowest BCUT2D eigenvalue weighted by Crippen LogP contribution is -2.17. The van der Waals surface area contributed by atoms with E-state index < -0.39 is 11.9 Å². The van der Waals surface area contributed by atoms with Crippen LogP contribution in [0.4, 0.5) is 0 Å². The summed E-state index contributed by atoms with van der Waals surface area (Å²) in [6.07, 6.45) is 9.70. The smallest absolute Gasteiger partial charge is 0.344 e. The number of hydrogen-bond acceptors (Lipinski definition) is 4. The van der Waals surface area contributed by atoms with E-state index in [0.29, 0.717) is 17.4 Å². The number of carbonyl (C=O) groups excluding carboxylic acids is 1. The van der Waals surface area contributed by atoms with E-state index in [1.807, 2.05) is 6.07 Å². The molecule has 31 heavy (non-hydrogen) atoms. The molecule has 0 heterocycles. The van der Waals surface area contributed by atoms with Crippen molar-refractivity contribution in [3.8, 4) is 11.5 Å². The van der Waals surface area contributed by atoms with Crippen molar-refractivity contribution in [2.75, 3.05) is 7.11 Å². The second kappa shape index (κ2) is 11.0. The third-order valence-electron chi connectivity index (χ3n) is 6.30. The van der Waals surface area contributed by atoms with Crippen molar-refractivity contribution in [3.63, 3.8) is 0 Å². The van der Waals surface area contributed by atoms with Gasteiger partial charge in [-0.05, 0) is 79.5 Å². The van der Waals surface area contributed by atoms with E-state index in [4.69, 9.17) is 9.47 Å². The Bertz CT molecular complexity index is 879. The number of aromatic carboxylic acids is 1. The summed E-state index contributed by atoms with van der Waals surface area (Å²) < 4.78 is 10.5. The Kier molecular flexibility index (Phi) is 8.10. The van der Waals surface area contributed by atoms with Crippen LogP contribution in [0.25, 0.3) is 0 Å². The number of benzene rings is 2. The molecule has 3 rings (SSSR count). The molecular weight excluding hydrogens is 392 g/mol. The minimum Gasteiger partial charge on any atom is -0.497 e. The highest BCUT2D eigenvalue weighted by Crippen LogP contribution is 2.38. The molecule has 2 aromatic rings. The average Bonchev–Trinajstić information content (AvgIpc) is 2.79. The molecule has 5 nitrogen and oxygen atoms in total. The van der Waals surface area contributed by atoms with Crippen LogP contribution in [-0.2, 0) is 0 Å². The minimum atomic E-state index is -1.11. The highest BCUT2D eigenvalue weighted by molar-refractivity contribution is 6.03. The van der Waals surface area contributed by atoms with Crippen molar-refractivity contribution < 1.29 is 24.2 Å². The van der Waals surface area contributed by atoms with Crippen LogP contribution in [0.5, 0.6) is 11.5 Å². The van der Waals surface area contributed by atoms with Gasteiger partial charge in [-0.1, -0.05) is 38.7 Å². The molecule has 0 bridgehead atoms. The quantitative estimate of drug-likeness (QED) is 0.284. The second-order valence-electron chi connectivity index (χ2n) is 8.39. The summed E-state index contributed by atoms with van der Waals surface area (Å²) in [5, 5.41) is 9.71. The molecule has 5 heteroatoms. The molecule has 0 aliphatic heterocycles. The molecule has 0 amide bonds. The maximum absolute atomic E-state index is 12.6. The summed E-state index contributed by atoms with van der Waals surface area (Å²) in [7, 11) is 1.56. The van der Waals surface area contributed by atoms with E-state index in [1.54, 1.807) is 43.5 Å². The van der Waals surface area contributed by atoms with Crippen LogP contribution in [-0.4, -0.2) is 24.2 Å². The summed E-state index contributed by atoms with van der Waals surface area (Å²) in [5.74, 6) is 0.348. The van der Waals surface area contributed by atoms with Crippen LogP contribution in [0, 0.1) is 5.92 Å². The van der Waals surface area contributed by atoms with Crippen LogP contribution in [0.15, 0.2) is 42.5 Å². The van der Waals surface area contributed by atoms with E-state index in [1.165, 1.54) is 38.5 Å². The van der Waals surface area contributed by atoms with Crippen molar-refractivity contribution in [2.24, 2.45) is 5.92 Å². The Morgan fingerprint density at radius 2 is 1.61 bits per heavy atom. The van der Waals surface area contributed by atoms with Gasteiger partial charge in [-0.25, -0.2) is 9.59 Å². The Hall–Kier alpha value is -2.82. The molecule has 1 aliphatic carbocycles. The van der Waals surface area contributed by atoms with Crippen molar-refractivity contribution in [1.29, 1.82) is 0 Å². The number of hydrogen-bond donors (Lipinski definition) is 1. The van der Waals surface area contributed by atoms with Crippen molar-refractivity contribution in [3.05, 3.63) is 59.2 Å². The fourth-order valence-electron chi connectivity index (χ4n) is 4.44. The molecule has 0 unspecified atom stereocenters. The van der Waals surface area contributed by atoms with Crippen LogP contribution < -0.4 is 9.47 Å². The topological polar surface area (TPSA) is 72.8 Å². The lowest BCUT2D eigenvalue weighted by atomic mass is 9.76. The number of carboxylic acid groups (broad SMARTS) is 1. The van der Waals surface area contributed by atoms with Gasteiger partial charge in [-0.15, -0.1) is 0 Å². The van der Waals surface area contributed by atoms with Gasteiger partial charge in [0.15, 0.2) is 0 Å². The molecule has 166 valence electrons. The van der Waals surface area contributed by atoms with Gasteiger partial charge in [0.05, 0.1) is 18.2 Å². The third kappa shape index (κ3) is 6.09. The van der Waals surface area contributed by atoms with Gasteiger partial charge >= 0.3 is 11.9 Å². The van der Waals surface area contributed by atoms with Gasteiger partial charge in [0, 0.05) is 0 Å². The zero-order chi connectivity index (χ0) is 22.2. The SMILES string of the molecule is CCCCCC1CCC(c2ccc(C(=O)Oc3ccc(OC)cc3)c(C(=O)O)c2)CC1. The molecule has 0 aromatic heterocycles. The van der Waals surface area contributed by atoms with Gasteiger partial charge in [0.2, 0.25) is 0 Å². The zero-order valence-corrected chi connectivity index (χ0v) is 18.4. The molecular formula is C26H32O5. The average molecular weight is 425 g/mol. The number of unbranched alkanes of at least 4 members (excludes halogenated alkanes) is 2. The molecule has 1 fully saturated rings. The number of carbonyl (C=O) groups is 2. The monoisotopic (exact) mass is 424 g/mol. The number of esters is 1. The van der Waals surface area contributed by atoms with Gasteiger partial charge in [0.25, 0.3) is 0 Å². The fourth-order valence-corrected chi connectivity index (χ4v) is 4.44. The predicted octanol–water partition coefficient (Wildman–Crippen LogP) is 6.47. The summed E-state index contributed by atoms with van der Waals surface area (Å²) >= 11 is 0. The molecule has 1 aliphatic rings. The van der Waals surface area contributed by atoms with E-state index in [-0.39, 0.29) is 11.1 Å².